The van der Waals surface area contributed by atoms with Crippen molar-refractivity contribution in [2.24, 2.45) is 5.73 Å². The van der Waals surface area contributed by atoms with Crippen LogP contribution in [-0.2, 0) is 9.36 Å². The van der Waals surface area contributed by atoms with Crippen LogP contribution in [0.25, 0.3) is 0 Å². The van der Waals surface area contributed by atoms with E-state index in [0.717, 1.165) is 0 Å². The number of hydrogen-bond donors (Lipinski definition) is 3. The van der Waals surface area contributed by atoms with Crippen molar-refractivity contribution in [3.8, 4) is 0 Å². The van der Waals surface area contributed by atoms with E-state index in [1.54, 1.807) is 6.92 Å². The monoisotopic (exact) mass is 194 g/mol. The van der Waals surface area contributed by atoms with Gasteiger partial charge in [0, 0.05) is 6.42 Å². The van der Waals surface area contributed by atoms with Gasteiger partial charge in [-0.15, -0.1) is 0 Å². The molecule has 70 valence electrons. The number of carboxylic acid groups (broad SMARTS) is 1. The van der Waals surface area contributed by atoms with Gasteiger partial charge < -0.3 is 15.9 Å². The van der Waals surface area contributed by atoms with Crippen molar-refractivity contribution >= 4 is 13.8 Å². The molecule has 0 aliphatic heterocycles. The first kappa shape index (κ1) is 11.5. The number of aliphatic hydroxyl groups is 1. The Hall–Kier alpha value is -0.510. The summed E-state index contributed by atoms with van der Waals surface area (Å²) >= 11 is 0. The Morgan fingerprint density at radius 1 is 1.67 bits per heavy atom. The first-order chi connectivity index (χ1) is 5.49. The van der Waals surface area contributed by atoms with Gasteiger partial charge in [0.2, 0.25) is 6.35 Å². The summed E-state index contributed by atoms with van der Waals surface area (Å²) in [5.74, 6) is -1.11. The van der Waals surface area contributed by atoms with Gasteiger partial charge in [-0.25, -0.2) is 0 Å². The van der Waals surface area contributed by atoms with Gasteiger partial charge in [-0.1, -0.05) is 4.57 Å². The third-order valence-electron chi connectivity index (χ3n) is 1.54. The van der Waals surface area contributed by atoms with Crippen LogP contribution in [0.5, 0.6) is 0 Å². The molecule has 0 radical (unpaired) electrons. The molecule has 12 heavy (non-hydrogen) atoms. The Morgan fingerprint density at radius 3 is 2.50 bits per heavy atom. The molecule has 3 unspecified atom stereocenters. The van der Waals surface area contributed by atoms with Gasteiger partial charge in [-0.3, -0.25) is 4.79 Å². The topological polar surface area (TPSA) is 101 Å². The van der Waals surface area contributed by atoms with Gasteiger partial charge in [-0.2, -0.15) is 0 Å². The molecule has 0 rings (SSSR count). The fourth-order valence-electron chi connectivity index (χ4n) is 0.725. The van der Waals surface area contributed by atoms with Crippen molar-refractivity contribution in [3.63, 3.8) is 0 Å². The summed E-state index contributed by atoms with van der Waals surface area (Å²) in [5.41, 5.74) is 4.85. The number of hydrogen-bond acceptors (Lipinski definition) is 4. The van der Waals surface area contributed by atoms with Crippen LogP contribution in [0.3, 0.4) is 0 Å². The molecular weight excluding hydrogens is 181 g/mol. The van der Waals surface area contributed by atoms with Crippen LogP contribution >= 0.6 is 7.80 Å². The lowest BCUT2D eigenvalue weighted by Crippen LogP contribution is -2.32. The first-order valence-corrected chi connectivity index (χ1v) is 5.03. The standard InChI is InChI=1S/C6H12NO4P/c1-4(12(11)3-8)2-5(7)6(9)10/h4-5,8H,2-3,7H2,1H3/p+1. The fraction of sp³-hybridized carbons (Fsp3) is 0.833. The Kier molecular flexibility index (Phi) is 4.97. The summed E-state index contributed by atoms with van der Waals surface area (Å²) < 4.78 is 10.9. The van der Waals surface area contributed by atoms with E-state index in [0.29, 0.717) is 0 Å². The predicted molar refractivity (Wildman–Crippen MR) is 44.4 cm³/mol. The van der Waals surface area contributed by atoms with Crippen molar-refractivity contribution in [3.05, 3.63) is 0 Å². The number of carbonyl (C=O) groups is 1. The van der Waals surface area contributed by atoms with Crippen LogP contribution in [0.2, 0.25) is 0 Å². The Balaban J connectivity index is 3.91. The second-order valence-corrected chi connectivity index (χ2v) is 4.59. The van der Waals surface area contributed by atoms with Crippen LogP contribution < -0.4 is 5.73 Å². The van der Waals surface area contributed by atoms with E-state index in [4.69, 9.17) is 15.9 Å². The largest absolute Gasteiger partial charge is 0.480 e. The van der Waals surface area contributed by atoms with Crippen LogP contribution in [0.15, 0.2) is 0 Å². The molecule has 0 saturated heterocycles. The van der Waals surface area contributed by atoms with Gasteiger partial charge in [0.1, 0.15) is 6.04 Å². The highest BCUT2D eigenvalue weighted by Gasteiger charge is 2.28. The second-order valence-electron chi connectivity index (χ2n) is 2.59. The molecular formula is C6H13NO4P+. The first-order valence-electron chi connectivity index (χ1n) is 3.52. The summed E-state index contributed by atoms with van der Waals surface area (Å²) in [5, 5.41) is 16.9. The molecule has 4 N–H and O–H groups in total. The molecule has 0 heterocycles. The minimum absolute atomic E-state index is 0.130. The molecule has 3 atom stereocenters. The minimum Gasteiger partial charge on any atom is -0.480 e. The number of carboxylic acids is 1. The molecule has 0 aromatic heterocycles. The van der Waals surface area contributed by atoms with Crippen LogP contribution in [0, 0.1) is 0 Å². The normalized spacial score (nSPS) is 16.8. The van der Waals surface area contributed by atoms with E-state index in [2.05, 4.69) is 0 Å². The van der Waals surface area contributed by atoms with Gasteiger partial charge >= 0.3 is 13.8 Å². The average molecular weight is 194 g/mol. The minimum atomic E-state index is -1.73. The number of rotatable bonds is 5. The zero-order valence-electron chi connectivity index (χ0n) is 6.80. The highest BCUT2D eigenvalue weighted by molar-refractivity contribution is 7.45. The SMILES string of the molecule is CC(CC(N)C(=O)O)[P+](=O)CO. The number of aliphatic carboxylic acids is 1. The zero-order chi connectivity index (χ0) is 9.72. The molecule has 0 bridgehead atoms. The second kappa shape index (κ2) is 5.19. The predicted octanol–water partition coefficient (Wildman–Crippen LogP) is -0.0459. The van der Waals surface area contributed by atoms with Crippen molar-refractivity contribution in [1.82, 2.24) is 0 Å². The summed E-state index contributed by atoms with van der Waals surface area (Å²) in [6.45, 7) is 1.61. The molecule has 6 heteroatoms. The van der Waals surface area contributed by atoms with E-state index < -0.39 is 26.2 Å². The fourth-order valence-corrected chi connectivity index (χ4v) is 1.47. The maximum Gasteiger partial charge on any atom is 0.369 e. The zero-order valence-corrected chi connectivity index (χ0v) is 7.70. The molecule has 0 aromatic rings. The van der Waals surface area contributed by atoms with Crippen molar-refractivity contribution in [2.75, 3.05) is 6.35 Å². The Labute approximate surface area is 71.4 Å². The van der Waals surface area contributed by atoms with E-state index in [1.165, 1.54) is 0 Å². The molecule has 0 saturated carbocycles. The van der Waals surface area contributed by atoms with Crippen molar-refractivity contribution in [1.29, 1.82) is 0 Å². The summed E-state index contributed by atoms with van der Waals surface area (Å²) in [4.78, 5) is 10.3. The Bertz CT molecular complexity index is 184. The van der Waals surface area contributed by atoms with E-state index in [1.807, 2.05) is 0 Å². The van der Waals surface area contributed by atoms with Crippen LogP contribution in [-0.4, -0.2) is 34.2 Å². The van der Waals surface area contributed by atoms with E-state index in [-0.39, 0.29) is 12.1 Å². The quantitative estimate of drug-likeness (QED) is 0.533. The molecule has 0 aliphatic carbocycles. The lowest BCUT2D eigenvalue weighted by atomic mass is 10.2. The van der Waals surface area contributed by atoms with Crippen LogP contribution in [0.4, 0.5) is 0 Å². The number of nitrogens with two attached hydrogens (primary N) is 1. The Morgan fingerprint density at radius 2 is 2.17 bits per heavy atom. The van der Waals surface area contributed by atoms with Gasteiger partial charge in [-0.05, 0) is 6.92 Å². The third kappa shape index (κ3) is 3.76. The smallest absolute Gasteiger partial charge is 0.369 e. The van der Waals surface area contributed by atoms with E-state index in [9.17, 15) is 9.36 Å². The lowest BCUT2D eigenvalue weighted by molar-refractivity contribution is -0.138. The summed E-state index contributed by atoms with van der Waals surface area (Å²) in [6.07, 6.45) is -0.284. The molecule has 0 fully saturated rings. The van der Waals surface area contributed by atoms with Gasteiger partial charge in [0.15, 0.2) is 5.66 Å². The number of aliphatic hydroxyl groups excluding tert-OH is 1. The average Bonchev–Trinajstić information content (AvgIpc) is 2.02. The molecule has 5 nitrogen and oxygen atoms in total. The van der Waals surface area contributed by atoms with Crippen LogP contribution in [0.1, 0.15) is 13.3 Å². The summed E-state index contributed by atoms with van der Waals surface area (Å²) in [6, 6.07) is -0.995. The van der Waals surface area contributed by atoms with Gasteiger partial charge in [0.25, 0.3) is 0 Å². The molecule has 0 aliphatic rings. The van der Waals surface area contributed by atoms with Crippen molar-refractivity contribution < 1.29 is 19.6 Å². The molecule has 0 amide bonds. The summed E-state index contributed by atoms with van der Waals surface area (Å²) in [7, 11) is -1.73. The van der Waals surface area contributed by atoms with Gasteiger partial charge in [0.05, 0.1) is 0 Å². The van der Waals surface area contributed by atoms with Crippen molar-refractivity contribution in [2.45, 2.75) is 25.0 Å². The molecule has 0 spiro atoms. The van der Waals surface area contributed by atoms with E-state index >= 15 is 0 Å². The lowest BCUT2D eigenvalue weighted by Gasteiger charge is -2.04. The highest BCUT2D eigenvalue weighted by Crippen LogP contribution is 2.28. The molecule has 0 aromatic carbocycles. The maximum absolute atomic E-state index is 10.9. The maximum atomic E-state index is 10.9. The highest BCUT2D eigenvalue weighted by atomic mass is 31.1. The third-order valence-corrected chi connectivity index (χ3v) is 3.02.